The highest BCUT2D eigenvalue weighted by molar-refractivity contribution is 5.93. The van der Waals surface area contributed by atoms with E-state index in [2.05, 4.69) is 379 Å². The Hall–Kier alpha value is -11.3. The van der Waals surface area contributed by atoms with Gasteiger partial charge in [-0.15, -0.1) is 0 Å². The Morgan fingerprint density at radius 1 is 0.200 bits per heavy atom. The fourth-order valence-electron chi connectivity index (χ4n) is 15.7. The molecule has 0 aromatic heterocycles. The van der Waals surface area contributed by atoms with Gasteiger partial charge in [0.05, 0.1) is 0 Å². The highest BCUT2D eigenvalue weighted by Gasteiger charge is 2.39. The van der Waals surface area contributed by atoms with E-state index < -0.39 is 0 Å². The first-order valence-corrected chi connectivity index (χ1v) is 33.4. The number of fused-ring (bicyclic) bond motifs is 11. The maximum Gasteiger partial charge on any atom is 0.0465 e. The Morgan fingerprint density at radius 2 is 0.453 bits per heavy atom. The summed E-state index contributed by atoms with van der Waals surface area (Å²) in [5, 5.41) is 5.02. The molecule has 0 amide bonds. The molecule has 0 fully saturated rings. The summed E-state index contributed by atoms with van der Waals surface area (Å²) in [6.07, 6.45) is 9.19. The Morgan fingerprint density at radius 3 is 0.779 bits per heavy atom. The van der Waals surface area contributed by atoms with E-state index in [-0.39, 0.29) is 16.2 Å². The minimum absolute atomic E-state index is 0.169. The van der Waals surface area contributed by atoms with Crippen LogP contribution in [0.4, 0.5) is 34.1 Å². The van der Waals surface area contributed by atoms with Gasteiger partial charge in [0.2, 0.25) is 0 Å². The Labute approximate surface area is 558 Å². The molecule has 454 valence electrons. The van der Waals surface area contributed by atoms with Gasteiger partial charge in [0, 0.05) is 50.4 Å². The van der Waals surface area contributed by atoms with Gasteiger partial charge in [0.15, 0.2) is 0 Å². The van der Waals surface area contributed by atoms with E-state index >= 15 is 0 Å². The quantitative estimate of drug-likeness (QED) is 0.113. The third kappa shape index (κ3) is 9.94. The van der Waals surface area contributed by atoms with E-state index in [9.17, 15) is 0 Å². The van der Waals surface area contributed by atoms with E-state index in [1.807, 2.05) is 0 Å². The van der Waals surface area contributed by atoms with E-state index in [0.717, 1.165) is 34.1 Å². The van der Waals surface area contributed by atoms with Crippen molar-refractivity contribution < 1.29 is 0 Å². The number of hydrogen-bond acceptors (Lipinski definition) is 2. The van der Waals surface area contributed by atoms with Crippen molar-refractivity contribution in [2.24, 2.45) is 0 Å². The molecule has 95 heavy (non-hydrogen) atoms. The van der Waals surface area contributed by atoms with E-state index in [4.69, 9.17) is 0 Å². The normalized spacial score (nSPS) is 14.2. The fourth-order valence-corrected chi connectivity index (χ4v) is 15.7. The second-order valence-electron chi connectivity index (χ2n) is 27.8. The number of rotatable bonds is 12. The molecule has 3 aliphatic carbocycles. The number of hydrogen-bond donors (Lipinski definition) is 0. The van der Waals surface area contributed by atoms with Crippen LogP contribution in [0.5, 0.6) is 0 Å². The summed E-state index contributed by atoms with van der Waals surface area (Å²) in [4.78, 5) is 4.78. The van der Waals surface area contributed by atoms with Gasteiger partial charge in [-0.1, -0.05) is 284 Å². The molecule has 0 atom stereocenters. The topological polar surface area (TPSA) is 6.48 Å². The molecular formula is C93H72N2. The lowest BCUT2D eigenvalue weighted by Crippen LogP contribution is -2.16. The molecule has 2 heteroatoms. The minimum Gasteiger partial charge on any atom is -0.310 e. The fraction of sp³-hybridized carbons (Fsp3) is 0.0968. The summed E-state index contributed by atoms with van der Waals surface area (Å²) < 4.78 is 0. The summed E-state index contributed by atoms with van der Waals surface area (Å²) in [7, 11) is 0. The van der Waals surface area contributed by atoms with Gasteiger partial charge in [-0.25, -0.2) is 0 Å². The lowest BCUT2D eigenvalue weighted by atomic mass is 9.81. The zero-order valence-electron chi connectivity index (χ0n) is 54.6. The van der Waals surface area contributed by atoms with E-state index in [1.54, 1.807) is 0 Å². The van der Waals surface area contributed by atoms with Crippen LogP contribution in [0.25, 0.3) is 101 Å². The SMILES string of the molecule is CC1(C)c2cc(C=Cc3ccc4c(c3)C(C)(C)c3cc(N(c5ccccc5)c5ccc(-c6ccc7ccccc7c6)cc5)ccc3-4)ccc2-c2ccc(C=Cc3ccc4c(c3)C(C)(C)c3cc(N(c5ccccc5)c5ccc(-c6ccc7ccccc7c6)cc5)ccc3-4)cc21. The molecule has 0 spiro atoms. The number of anilines is 6. The molecular weight excluding hydrogens is 1150 g/mol. The average Bonchev–Trinajstić information content (AvgIpc) is 1.60. The van der Waals surface area contributed by atoms with Crippen molar-refractivity contribution in [1.29, 1.82) is 0 Å². The third-order valence-electron chi connectivity index (χ3n) is 21.0. The van der Waals surface area contributed by atoms with Gasteiger partial charge in [-0.2, -0.15) is 0 Å². The van der Waals surface area contributed by atoms with Crippen LogP contribution in [0.3, 0.4) is 0 Å². The summed E-state index contributed by atoms with van der Waals surface area (Å²) >= 11 is 0. The Bertz CT molecular complexity index is 5090. The van der Waals surface area contributed by atoms with Crippen LogP contribution in [0.2, 0.25) is 0 Å². The molecule has 3 aliphatic rings. The molecule has 0 heterocycles. The molecule has 0 bridgehead atoms. The summed E-state index contributed by atoms with van der Waals surface area (Å²) in [5.74, 6) is 0. The van der Waals surface area contributed by atoms with Crippen LogP contribution in [-0.4, -0.2) is 0 Å². The van der Waals surface area contributed by atoms with Gasteiger partial charge >= 0.3 is 0 Å². The lowest BCUT2D eigenvalue weighted by molar-refractivity contribution is 0.660. The molecule has 0 unspecified atom stereocenters. The first kappa shape index (κ1) is 57.6. The zero-order chi connectivity index (χ0) is 64.2. The predicted molar refractivity (Wildman–Crippen MR) is 405 cm³/mol. The summed E-state index contributed by atoms with van der Waals surface area (Å²) in [5.41, 5.74) is 31.9. The van der Waals surface area contributed by atoms with Crippen molar-refractivity contribution in [3.05, 3.63) is 359 Å². The van der Waals surface area contributed by atoms with Gasteiger partial charge in [0.1, 0.15) is 0 Å². The maximum atomic E-state index is 2.43. The number of benzene rings is 14. The second-order valence-corrected chi connectivity index (χ2v) is 27.8. The predicted octanol–water partition coefficient (Wildman–Crippen LogP) is 25.5. The molecule has 0 aliphatic heterocycles. The van der Waals surface area contributed by atoms with E-state index in [0.29, 0.717) is 0 Å². The van der Waals surface area contributed by atoms with Crippen LogP contribution in [0, 0.1) is 0 Å². The maximum absolute atomic E-state index is 2.43. The second kappa shape index (κ2) is 22.5. The first-order valence-electron chi connectivity index (χ1n) is 33.4. The lowest BCUT2D eigenvalue weighted by Gasteiger charge is -2.28. The number of nitrogens with zero attached hydrogens (tertiary/aromatic N) is 2. The van der Waals surface area contributed by atoms with Crippen LogP contribution in [0.15, 0.2) is 303 Å². The standard InChI is InChI=1S/C93H72N2/c1-91(2)85-53-61(25-27-63-31-49-81-83-51-45-77(59-89(83)92(3,4)87(81)55-63)94(73-21-9-7-10-22-73)75-41-37-67(38-42-75)71-35-33-65-17-13-15-19-69(65)57-71)29-47-79(85)80-48-30-62(54-86(80)91)26-28-64-32-50-82-84-52-46-78(60-90(84)93(5,6)88(82)56-64)95(74-23-11-8-12-24-74)76-43-39-68(40-44-76)72-36-34-66-18-14-16-20-70(66)58-72/h7-60H,1-6H3. The van der Waals surface area contributed by atoms with Crippen molar-refractivity contribution in [2.45, 2.75) is 57.8 Å². The van der Waals surface area contributed by atoms with Crippen molar-refractivity contribution in [3.8, 4) is 55.6 Å². The molecule has 0 saturated carbocycles. The molecule has 14 aromatic rings. The van der Waals surface area contributed by atoms with Crippen LogP contribution in [-0.2, 0) is 16.2 Å². The summed E-state index contributed by atoms with van der Waals surface area (Å²) in [6.45, 7) is 14.3. The molecule has 17 rings (SSSR count). The van der Waals surface area contributed by atoms with Gasteiger partial charge < -0.3 is 9.80 Å². The van der Waals surface area contributed by atoms with Gasteiger partial charge in [0.25, 0.3) is 0 Å². The molecule has 0 N–H and O–H groups in total. The molecule has 0 radical (unpaired) electrons. The highest BCUT2D eigenvalue weighted by Crippen LogP contribution is 2.54. The highest BCUT2D eigenvalue weighted by atomic mass is 15.1. The third-order valence-corrected chi connectivity index (χ3v) is 21.0. The van der Waals surface area contributed by atoms with Crippen molar-refractivity contribution in [2.75, 3.05) is 9.80 Å². The Balaban J connectivity index is 0.593. The van der Waals surface area contributed by atoms with Crippen molar-refractivity contribution in [1.82, 2.24) is 0 Å². The molecule has 0 saturated heterocycles. The van der Waals surface area contributed by atoms with Crippen LogP contribution < -0.4 is 9.80 Å². The molecule has 14 aromatic carbocycles. The average molecular weight is 1220 g/mol. The smallest absolute Gasteiger partial charge is 0.0465 e. The zero-order valence-corrected chi connectivity index (χ0v) is 54.6. The minimum atomic E-state index is -0.206. The summed E-state index contributed by atoms with van der Waals surface area (Å²) in [6, 6.07) is 113. The molecule has 2 nitrogen and oxygen atoms in total. The number of para-hydroxylation sites is 2. The largest absolute Gasteiger partial charge is 0.310 e. The van der Waals surface area contributed by atoms with Gasteiger partial charge in [-0.05, 0) is 218 Å². The van der Waals surface area contributed by atoms with Gasteiger partial charge in [-0.3, -0.25) is 0 Å². The van der Waals surface area contributed by atoms with Crippen molar-refractivity contribution in [3.63, 3.8) is 0 Å². The van der Waals surface area contributed by atoms with Crippen LogP contribution >= 0.6 is 0 Å². The monoisotopic (exact) mass is 1220 g/mol. The van der Waals surface area contributed by atoms with E-state index in [1.165, 1.54) is 133 Å². The Kier molecular flexibility index (Phi) is 13.6. The van der Waals surface area contributed by atoms with Crippen molar-refractivity contribution >= 4 is 80.0 Å². The first-order chi connectivity index (χ1) is 46.3. The van der Waals surface area contributed by atoms with Crippen LogP contribution in [0.1, 0.15) is 97.2 Å².